The third-order valence-electron chi connectivity index (χ3n) is 3.92. The molecular formula is C18H27N3O5S. The maximum Gasteiger partial charge on any atom is 0.326 e. The topological polar surface area (TPSA) is 142 Å². The molecule has 0 saturated heterocycles. The summed E-state index contributed by atoms with van der Waals surface area (Å²) in [6.45, 7) is 1.34. The van der Waals surface area contributed by atoms with Crippen LogP contribution in [0.3, 0.4) is 0 Å². The summed E-state index contributed by atoms with van der Waals surface area (Å²) in [5, 5.41) is 23.8. The van der Waals surface area contributed by atoms with E-state index in [1.54, 1.807) is 0 Å². The number of aliphatic carboxylic acids is 1. The number of hydrogen-bond acceptors (Lipinski definition) is 6. The molecule has 9 heteroatoms. The van der Waals surface area contributed by atoms with Gasteiger partial charge in [0.1, 0.15) is 12.1 Å². The van der Waals surface area contributed by atoms with Crippen LogP contribution >= 0.6 is 11.8 Å². The quantitative estimate of drug-likeness (QED) is 0.346. The molecule has 0 aliphatic rings. The first-order valence-electron chi connectivity index (χ1n) is 8.56. The summed E-state index contributed by atoms with van der Waals surface area (Å²) in [4.78, 5) is 36.0. The van der Waals surface area contributed by atoms with Crippen LogP contribution in [0.1, 0.15) is 18.9 Å². The largest absolute Gasteiger partial charge is 0.480 e. The van der Waals surface area contributed by atoms with E-state index in [0.29, 0.717) is 5.75 Å². The Morgan fingerprint density at radius 2 is 1.78 bits per heavy atom. The van der Waals surface area contributed by atoms with Gasteiger partial charge in [-0.3, -0.25) is 9.59 Å². The second kappa shape index (κ2) is 11.6. The molecule has 0 unspecified atom stereocenters. The van der Waals surface area contributed by atoms with Crippen molar-refractivity contribution in [3.05, 3.63) is 35.9 Å². The van der Waals surface area contributed by atoms with Gasteiger partial charge in [0.15, 0.2) is 0 Å². The summed E-state index contributed by atoms with van der Waals surface area (Å²) in [6, 6.07) is 5.85. The number of rotatable bonds is 11. The maximum atomic E-state index is 12.4. The van der Waals surface area contributed by atoms with Crippen LogP contribution in [0.15, 0.2) is 30.3 Å². The van der Waals surface area contributed by atoms with E-state index in [0.717, 1.165) is 5.56 Å². The number of nitrogens with two attached hydrogens (primary N) is 1. The van der Waals surface area contributed by atoms with Crippen molar-refractivity contribution in [2.45, 2.75) is 44.0 Å². The lowest BCUT2D eigenvalue weighted by atomic mass is 10.0. The number of carbonyl (C=O) groups is 3. The second-order valence-electron chi connectivity index (χ2n) is 6.20. The first-order valence-corrected chi connectivity index (χ1v) is 9.95. The first kappa shape index (κ1) is 22.9. The molecule has 0 saturated carbocycles. The highest BCUT2D eigenvalue weighted by Crippen LogP contribution is 2.05. The molecule has 6 N–H and O–H groups in total. The van der Waals surface area contributed by atoms with Gasteiger partial charge in [-0.2, -0.15) is 11.8 Å². The van der Waals surface area contributed by atoms with E-state index in [-0.39, 0.29) is 12.8 Å². The van der Waals surface area contributed by atoms with Crippen LogP contribution in [0.2, 0.25) is 0 Å². The zero-order valence-corrected chi connectivity index (χ0v) is 16.2. The molecule has 2 amide bonds. The molecule has 27 heavy (non-hydrogen) atoms. The fourth-order valence-electron chi connectivity index (χ4n) is 2.38. The number of benzene rings is 1. The van der Waals surface area contributed by atoms with E-state index in [1.807, 2.05) is 36.6 Å². The molecule has 0 bridgehead atoms. The molecule has 0 fully saturated rings. The van der Waals surface area contributed by atoms with Gasteiger partial charge in [-0.1, -0.05) is 30.3 Å². The highest BCUT2D eigenvalue weighted by atomic mass is 32.2. The zero-order chi connectivity index (χ0) is 20.4. The van der Waals surface area contributed by atoms with Crippen molar-refractivity contribution in [2.75, 3.05) is 12.0 Å². The Labute approximate surface area is 162 Å². The van der Waals surface area contributed by atoms with Crippen LogP contribution < -0.4 is 16.4 Å². The molecule has 150 valence electrons. The van der Waals surface area contributed by atoms with Crippen LogP contribution in [0.5, 0.6) is 0 Å². The number of hydrogen-bond donors (Lipinski definition) is 5. The standard InChI is InChI=1S/C18H27N3O5S/c1-11(22)15(17(24)20-14(18(25)26)8-9-27-2)21-16(23)13(19)10-12-6-4-3-5-7-12/h3-7,11,13-15,22H,8-10,19H2,1-2H3,(H,20,24)(H,21,23)(H,25,26)/t11-,13+,14+,15+/m1/s1. The number of amides is 2. The lowest BCUT2D eigenvalue weighted by Gasteiger charge is -2.24. The van der Waals surface area contributed by atoms with E-state index in [4.69, 9.17) is 5.73 Å². The molecule has 1 aromatic carbocycles. The lowest BCUT2D eigenvalue weighted by molar-refractivity contribution is -0.143. The molecule has 0 aliphatic heterocycles. The number of carboxylic acid groups (broad SMARTS) is 1. The molecule has 1 aromatic rings. The minimum absolute atomic E-state index is 0.232. The minimum Gasteiger partial charge on any atom is -0.480 e. The van der Waals surface area contributed by atoms with E-state index in [1.165, 1.54) is 18.7 Å². The third-order valence-corrected chi connectivity index (χ3v) is 4.57. The predicted octanol–water partition coefficient (Wildman–Crippen LogP) is -0.255. The summed E-state index contributed by atoms with van der Waals surface area (Å²) >= 11 is 1.45. The Balaban J connectivity index is 2.71. The van der Waals surface area contributed by atoms with Crippen molar-refractivity contribution in [2.24, 2.45) is 5.73 Å². The van der Waals surface area contributed by atoms with Gasteiger partial charge >= 0.3 is 5.97 Å². The highest BCUT2D eigenvalue weighted by molar-refractivity contribution is 7.98. The molecule has 8 nitrogen and oxygen atoms in total. The molecule has 0 spiro atoms. The highest BCUT2D eigenvalue weighted by Gasteiger charge is 2.30. The summed E-state index contributed by atoms with van der Waals surface area (Å²) in [6.07, 6.45) is 1.11. The predicted molar refractivity (Wildman–Crippen MR) is 104 cm³/mol. The maximum absolute atomic E-state index is 12.4. The number of carboxylic acids is 1. The van der Waals surface area contributed by atoms with Crippen molar-refractivity contribution < 1.29 is 24.6 Å². The van der Waals surface area contributed by atoms with E-state index >= 15 is 0 Å². The average Bonchev–Trinajstić information content (AvgIpc) is 2.62. The van der Waals surface area contributed by atoms with Gasteiger partial charge in [0, 0.05) is 0 Å². The Hall–Kier alpha value is -2.10. The molecule has 0 aromatic heterocycles. The van der Waals surface area contributed by atoms with Crippen molar-refractivity contribution in [1.29, 1.82) is 0 Å². The molecule has 4 atom stereocenters. The van der Waals surface area contributed by atoms with E-state index in [9.17, 15) is 24.6 Å². The third kappa shape index (κ3) is 7.98. The van der Waals surface area contributed by atoms with Gasteiger partial charge in [-0.25, -0.2) is 4.79 Å². The number of nitrogens with one attached hydrogen (secondary N) is 2. The SMILES string of the molecule is CSCC[C@H](NC(=O)[C@@H](NC(=O)[C@@H](N)Cc1ccccc1)[C@@H](C)O)C(=O)O. The number of carbonyl (C=O) groups excluding carboxylic acids is 2. The van der Waals surface area contributed by atoms with Crippen LogP contribution in [0, 0.1) is 0 Å². The van der Waals surface area contributed by atoms with E-state index in [2.05, 4.69) is 10.6 Å². The van der Waals surface area contributed by atoms with Crippen molar-refractivity contribution in [3.8, 4) is 0 Å². The van der Waals surface area contributed by atoms with Crippen LogP contribution in [0.25, 0.3) is 0 Å². The van der Waals surface area contributed by atoms with Crippen molar-refractivity contribution in [3.63, 3.8) is 0 Å². The molecule has 1 rings (SSSR count). The minimum atomic E-state index is -1.30. The van der Waals surface area contributed by atoms with Gasteiger partial charge in [0.25, 0.3) is 0 Å². The monoisotopic (exact) mass is 397 g/mol. The fourth-order valence-corrected chi connectivity index (χ4v) is 2.85. The van der Waals surface area contributed by atoms with Gasteiger partial charge in [0.2, 0.25) is 11.8 Å². The lowest BCUT2D eigenvalue weighted by Crippen LogP contribution is -2.58. The van der Waals surface area contributed by atoms with Gasteiger partial charge in [-0.05, 0) is 37.3 Å². The van der Waals surface area contributed by atoms with Gasteiger partial charge in [0.05, 0.1) is 12.1 Å². The Bertz CT molecular complexity index is 627. The summed E-state index contributed by atoms with van der Waals surface area (Å²) < 4.78 is 0. The summed E-state index contributed by atoms with van der Waals surface area (Å²) in [5.74, 6) is -1.99. The summed E-state index contributed by atoms with van der Waals surface area (Å²) in [5.41, 5.74) is 6.75. The van der Waals surface area contributed by atoms with Crippen molar-refractivity contribution in [1.82, 2.24) is 10.6 Å². The Morgan fingerprint density at radius 3 is 2.30 bits per heavy atom. The second-order valence-corrected chi connectivity index (χ2v) is 7.19. The molecular weight excluding hydrogens is 370 g/mol. The van der Waals surface area contributed by atoms with Crippen LogP contribution in [-0.2, 0) is 20.8 Å². The summed E-state index contributed by atoms with van der Waals surface area (Å²) in [7, 11) is 0. The average molecular weight is 397 g/mol. The first-order chi connectivity index (χ1) is 12.8. The number of aliphatic hydroxyl groups excluding tert-OH is 1. The Morgan fingerprint density at radius 1 is 1.15 bits per heavy atom. The van der Waals surface area contributed by atoms with E-state index < -0.39 is 42.0 Å². The Kier molecular flexibility index (Phi) is 9.84. The molecule has 0 aliphatic carbocycles. The normalized spacial score (nSPS) is 15.3. The van der Waals surface area contributed by atoms with Crippen LogP contribution in [0.4, 0.5) is 0 Å². The van der Waals surface area contributed by atoms with Crippen LogP contribution in [-0.4, -0.2) is 64.2 Å². The fraction of sp³-hybridized carbons (Fsp3) is 0.500. The molecule has 0 radical (unpaired) electrons. The number of thioether (sulfide) groups is 1. The smallest absolute Gasteiger partial charge is 0.326 e. The molecule has 0 heterocycles. The van der Waals surface area contributed by atoms with Gasteiger partial charge < -0.3 is 26.6 Å². The van der Waals surface area contributed by atoms with Crippen molar-refractivity contribution >= 4 is 29.5 Å². The van der Waals surface area contributed by atoms with Gasteiger partial charge in [-0.15, -0.1) is 0 Å². The zero-order valence-electron chi connectivity index (χ0n) is 15.4. The number of aliphatic hydroxyl groups is 1.